The Balaban J connectivity index is 0.00000484. The second-order valence-corrected chi connectivity index (χ2v) is 6.89. The standard InChI is InChI=1S/C18H37N3O.HI/c1-5-19-18(20-12-7-6-8-16(2)3)21(4)13-9-17-10-14-22-15-11-17;/h16-17H,5-15H2,1-4H3,(H,19,20);1H. The average molecular weight is 439 g/mol. The summed E-state index contributed by atoms with van der Waals surface area (Å²) >= 11 is 0. The van der Waals surface area contributed by atoms with Gasteiger partial charge in [-0.15, -0.1) is 24.0 Å². The highest BCUT2D eigenvalue weighted by Gasteiger charge is 2.15. The summed E-state index contributed by atoms with van der Waals surface area (Å²) in [6.07, 6.45) is 7.48. The summed E-state index contributed by atoms with van der Waals surface area (Å²) in [6, 6.07) is 0. The molecule has 1 fully saturated rings. The Morgan fingerprint density at radius 2 is 1.96 bits per heavy atom. The molecule has 23 heavy (non-hydrogen) atoms. The molecular formula is C18H38IN3O. The molecule has 1 aliphatic heterocycles. The van der Waals surface area contributed by atoms with Crippen LogP contribution in [-0.2, 0) is 4.74 Å². The largest absolute Gasteiger partial charge is 0.381 e. The number of unbranched alkanes of at least 4 members (excludes halogenated alkanes) is 1. The van der Waals surface area contributed by atoms with Crippen molar-refractivity contribution in [2.24, 2.45) is 16.8 Å². The summed E-state index contributed by atoms with van der Waals surface area (Å²) in [5.74, 6) is 2.70. The van der Waals surface area contributed by atoms with Gasteiger partial charge < -0.3 is 15.0 Å². The number of guanidine groups is 1. The van der Waals surface area contributed by atoms with Crippen LogP contribution in [0.15, 0.2) is 4.99 Å². The van der Waals surface area contributed by atoms with Crippen molar-refractivity contribution in [2.45, 2.75) is 59.3 Å². The van der Waals surface area contributed by atoms with E-state index in [1.54, 1.807) is 0 Å². The van der Waals surface area contributed by atoms with Gasteiger partial charge in [-0.3, -0.25) is 4.99 Å². The van der Waals surface area contributed by atoms with Gasteiger partial charge in [0, 0.05) is 39.9 Å². The molecule has 0 aromatic carbocycles. The average Bonchev–Trinajstić information content (AvgIpc) is 2.52. The lowest BCUT2D eigenvalue weighted by Crippen LogP contribution is -2.40. The molecule has 0 atom stereocenters. The first kappa shape index (κ1) is 23.0. The summed E-state index contributed by atoms with van der Waals surface area (Å²) in [7, 11) is 2.16. The molecule has 138 valence electrons. The summed E-state index contributed by atoms with van der Waals surface area (Å²) in [6.45, 7) is 11.6. The van der Waals surface area contributed by atoms with E-state index in [0.29, 0.717) is 0 Å². The SMILES string of the molecule is CCNC(=NCCCCC(C)C)N(C)CCC1CCOCC1.I. The fraction of sp³-hybridized carbons (Fsp3) is 0.944. The second kappa shape index (κ2) is 14.3. The van der Waals surface area contributed by atoms with Crippen LogP contribution < -0.4 is 5.32 Å². The number of hydrogen-bond donors (Lipinski definition) is 1. The molecule has 0 radical (unpaired) electrons. The quantitative estimate of drug-likeness (QED) is 0.254. The topological polar surface area (TPSA) is 36.9 Å². The Morgan fingerprint density at radius 3 is 2.57 bits per heavy atom. The van der Waals surface area contributed by atoms with Crippen LogP contribution in [0.2, 0.25) is 0 Å². The lowest BCUT2D eigenvalue weighted by atomic mass is 9.96. The Labute approximate surface area is 160 Å². The van der Waals surface area contributed by atoms with Crippen LogP contribution in [-0.4, -0.2) is 50.8 Å². The smallest absolute Gasteiger partial charge is 0.193 e. The van der Waals surface area contributed by atoms with E-state index in [4.69, 9.17) is 9.73 Å². The Bertz CT molecular complexity index is 305. The van der Waals surface area contributed by atoms with Crippen LogP contribution >= 0.6 is 24.0 Å². The molecule has 0 spiro atoms. The molecule has 0 aliphatic carbocycles. The van der Waals surface area contributed by atoms with Crippen LogP contribution in [0, 0.1) is 11.8 Å². The molecule has 1 saturated heterocycles. The third-order valence-corrected chi connectivity index (χ3v) is 4.36. The maximum Gasteiger partial charge on any atom is 0.193 e. The van der Waals surface area contributed by atoms with Gasteiger partial charge in [0.15, 0.2) is 5.96 Å². The predicted octanol–water partition coefficient (Wildman–Crippen LogP) is 4.14. The maximum absolute atomic E-state index is 5.44. The minimum absolute atomic E-state index is 0. The van der Waals surface area contributed by atoms with Crippen LogP contribution in [0.25, 0.3) is 0 Å². The molecular weight excluding hydrogens is 401 g/mol. The summed E-state index contributed by atoms with van der Waals surface area (Å²) in [5.41, 5.74) is 0. The Morgan fingerprint density at radius 1 is 1.26 bits per heavy atom. The Kier molecular flexibility index (Phi) is 14.3. The molecule has 0 saturated carbocycles. The molecule has 0 unspecified atom stereocenters. The normalized spacial score (nSPS) is 16.3. The Hall–Kier alpha value is -0.0400. The predicted molar refractivity (Wildman–Crippen MR) is 111 cm³/mol. The van der Waals surface area contributed by atoms with E-state index in [9.17, 15) is 0 Å². The fourth-order valence-corrected chi connectivity index (χ4v) is 2.84. The first-order valence-corrected chi connectivity index (χ1v) is 9.20. The van der Waals surface area contributed by atoms with Crippen molar-refractivity contribution in [3.05, 3.63) is 0 Å². The molecule has 0 bridgehead atoms. The number of halogens is 1. The summed E-state index contributed by atoms with van der Waals surface area (Å²) in [5, 5.41) is 3.42. The minimum Gasteiger partial charge on any atom is -0.381 e. The van der Waals surface area contributed by atoms with Crippen molar-refractivity contribution in [1.29, 1.82) is 0 Å². The van der Waals surface area contributed by atoms with Gasteiger partial charge in [0.2, 0.25) is 0 Å². The van der Waals surface area contributed by atoms with Gasteiger partial charge in [-0.05, 0) is 44.4 Å². The monoisotopic (exact) mass is 439 g/mol. The zero-order valence-corrected chi connectivity index (χ0v) is 18.0. The van der Waals surface area contributed by atoms with E-state index in [-0.39, 0.29) is 24.0 Å². The molecule has 1 rings (SSSR count). The van der Waals surface area contributed by atoms with Gasteiger partial charge in [-0.1, -0.05) is 26.7 Å². The molecule has 4 nitrogen and oxygen atoms in total. The van der Waals surface area contributed by atoms with E-state index in [1.165, 1.54) is 38.5 Å². The van der Waals surface area contributed by atoms with Crippen molar-refractivity contribution >= 4 is 29.9 Å². The van der Waals surface area contributed by atoms with Crippen LogP contribution in [0.1, 0.15) is 59.3 Å². The third-order valence-electron chi connectivity index (χ3n) is 4.36. The highest BCUT2D eigenvalue weighted by Crippen LogP contribution is 2.18. The van der Waals surface area contributed by atoms with Crippen LogP contribution in [0.3, 0.4) is 0 Å². The van der Waals surface area contributed by atoms with Crippen LogP contribution in [0.5, 0.6) is 0 Å². The second-order valence-electron chi connectivity index (χ2n) is 6.89. The minimum atomic E-state index is 0. The van der Waals surface area contributed by atoms with E-state index in [2.05, 4.69) is 38.0 Å². The highest BCUT2D eigenvalue weighted by atomic mass is 127. The lowest BCUT2D eigenvalue weighted by molar-refractivity contribution is 0.0625. The van der Waals surface area contributed by atoms with Crippen molar-refractivity contribution in [3.8, 4) is 0 Å². The molecule has 1 N–H and O–H groups in total. The van der Waals surface area contributed by atoms with Gasteiger partial charge in [-0.2, -0.15) is 0 Å². The zero-order valence-electron chi connectivity index (χ0n) is 15.6. The van der Waals surface area contributed by atoms with E-state index < -0.39 is 0 Å². The van der Waals surface area contributed by atoms with E-state index >= 15 is 0 Å². The molecule has 0 aromatic rings. The van der Waals surface area contributed by atoms with Gasteiger partial charge in [0.25, 0.3) is 0 Å². The van der Waals surface area contributed by atoms with E-state index in [0.717, 1.165) is 50.6 Å². The van der Waals surface area contributed by atoms with Crippen molar-refractivity contribution in [1.82, 2.24) is 10.2 Å². The highest BCUT2D eigenvalue weighted by molar-refractivity contribution is 14.0. The molecule has 1 aliphatic rings. The number of rotatable bonds is 9. The van der Waals surface area contributed by atoms with Gasteiger partial charge in [-0.25, -0.2) is 0 Å². The number of aliphatic imine (C=N–C) groups is 1. The molecule has 5 heteroatoms. The maximum atomic E-state index is 5.44. The molecule has 0 amide bonds. The summed E-state index contributed by atoms with van der Waals surface area (Å²) < 4.78 is 5.44. The van der Waals surface area contributed by atoms with Crippen molar-refractivity contribution in [3.63, 3.8) is 0 Å². The fourth-order valence-electron chi connectivity index (χ4n) is 2.84. The first-order chi connectivity index (χ1) is 10.6. The van der Waals surface area contributed by atoms with Gasteiger partial charge in [0.05, 0.1) is 0 Å². The first-order valence-electron chi connectivity index (χ1n) is 9.20. The number of ether oxygens (including phenoxy) is 1. The van der Waals surface area contributed by atoms with Crippen molar-refractivity contribution in [2.75, 3.05) is 39.9 Å². The van der Waals surface area contributed by atoms with Crippen molar-refractivity contribution < 1.29 is 4.74 Å². The lowest BCUT2D eigenvalue weighted by Gasteiger charge is -2.26. The van der Waals surface area contributed by atoms with Crippen LogP contribution in [0.4, 0.5) is 0 Å². The molecule has 1 heterocycles. The van der Waals surface area contributed by atoms with Gasteiger partial charge >= 0.3 is 0 Å². The zero-order chi connectivity index (χ0) is 16.2. The number of nitrogens with zero attached hydrogens (tertiary/aromatic N) is 2. The molecule has 0 aromatic heterocycles. The van der Waals surface area contributed by atoms with E-state index in [1.807, 2.05) is 0 Å². The van der Waals surface area contributed by atoms with Gasteiger partial charge in [0.1, 0.15) is 0 Å². The number of nitrogens with one attached hydrogen (secondary N) is 1. The summed E-state index contributed by atoms with van der Waals surface area (Å²) in [4.78, 5) is 7.07. The number of hydrogen-bond acceptors (Lipinski definition) is 2. The third kappa shape index (κ3) is 11.2.